The summed E-state index contributed by atoms with van der Waals surface area (Å²) in [5.74, 6) is 0. The van der Waals surface area contributed by atoms with Crippen LogP contribution in [0.15, 0.2) is 17.5 Å². The zero-order valence-corrected chi connectivity index (χ0v) is 11.0. The van der Waals surface area contributed by atoms with Gasteiger partial charge in [0.2, 0.25) is 0 Å². The van der Waals surface area contributed by atoms with Gasteiger partial charge in [-0.25, -0.2) is 0 Å². The molecule has 0 aliphatic rings. The molecule has 1 heterocycles. The molecule has 2 unspecified atom stereocenters. The van der Waals surface area contributed by atoms with Crippen LogP contribution >= 0.6 is 11.3 Å². The van der Waals surface area contributed by atoms with Crippen molar-refractivity contribution in [2.24, 2.45) is 0 Å². The average molecular weight is 243 g/mol. The van der Waals surface area contributed by atoms with Gasteiger partial charge in [-0.1, -0.05) is 13.0 Å². The molecule has 4 heteroatoms. The molecule has 0 saturated carbocycles. The van der Waals surface area contributed by atoms with Gasteiger partial charge in [-0.2, -0.15) is 0 Å². The van der Waals surface area contributed by atoms with Crippen molar-refractivity contribution in [1.82, 2.24) is 5.32 Å². The lowest BCUT2D eigenvalue weighted by Gasteiger charge is -2.25. The van der Waals surface area contributed by atoms with E-state index < -0.39 is 5.60 Å². The molecule has 0 saturated heterocycles. The third-order valence-electron chi connectivity index (χ3n) is 2.65. The van der Waals surface area contributed by atoms with Crippen molar-refractivity contribution in [1.29, 1.82) is 0 Å². The minimum atomic E-state index is -0.796. The fourth-order valence-electron chi connectivity index (χ4n) is 1.54. The lowest BCUT2D eigenvalue weighted by molar-refractivity contribution is 0.0520. The smallest absolute Gasteiger partial charge is 0.108 e. The van der Waals surface area contributed by atoms with Crippen LogP contribution in [0.1, 0.15) is 25.1 Å². The van der Waals surface area contributed by atoms with Crippen LogP contribution in [0.25, 0.3) is 0 Å². The van der Waals surface area contributed by atoms with Gasteiger partial charge in [0.05, 0.1) is 6.61 Å². The third kappa shape index (κ3) is 3.87. The van der Waals surface area contributed by atoms with Crippen LogP contribution in [0.3, 0.4) is 0 Å². The van der Waals surface area contributed by atoms with E-state index in [1.165, 1.54) is 0 Å². The van der Waals surface area contributed by atoms with Crippen molar-refractivity contribution in [3.8, 4) is 0 Å². The number of hydrogen-bond donors (Lipinski definition) is 2. The summed E-state index contributed by atoms with van der Waals surface area (Å²) in [6, 6.07) is 4.22. The molecule has 0 aromatic carbocycles. The van der Waals surface area contributed by atoms with Crippen LogP contribution in [0.5, 0.6) is 0 Å². The van der Waals surface area contributed by atoms with Crippen molar-refractivity contribution >= 4 is 11.3 Å². The fraction of sp³-hybridized carbons (Fsp3) is 0.667. The number of rotatable bonds is 7. The van der Waals surface area contributed by atoms with Gasteiger partial charge < -0.3 is 15.2 Å². The van der Waals surface area contributed by atoms with E-state index in [2.05, 4.69) is 12.2 Å². The van der Waals surface area contributed by atoms with E-state index in [0.717, 1.165) is 11.3 Å². The predicted molar refractivity (Wildman–Crippen MR) is 67.8 cm³/mol. The summed E-state index contributed by atoms with van der Waals surface area (Å²) in [6.45, 7) is 5.17. The number of aliphatic hydroxyl groups is 1. The van der Waals surface area contributed by atoms with Gasteiger partial charge in [-0.3, -0.25) is 0 Å². The Bertz CT molecular complexity index is 285. The summed E-state index contributed by atoms with van der Waals surface area (Å²) in [5, 5.41) is 15.6. The van der Waals surface area contributed by atoms with E-state index in [-0.39, 0.29) is 0 Å². The third-order valence-corrected chi connectivity index (χ3v) is 3.77. The highest BCUT2D eigenvalue weighted by molar-refractivity contribution is 7.10. The number of ether oxygens (including phenoxy) is 1. The Hall–Kier alpha value is -0.420. The van der Waals surface area contributed by atoms with Gasteiger partial charge in [-0.15, -0.1) is 11.3 Å². The molecular weight excluding hydrogens is 222 g/mol. The topological polar surface area (TPSA) is 41.5 Å². The second kappa shape index (κ2) is 6.35. The molecule has 1 aromatic heterocycles. The van der Waals surface area contributed by atoms with Crippen molar-refractivity contribution in [2.45, 2.75) is 31.9 Å². The number of nitrogens with one attached hydrogen (secondary N) is 1. The normalized spacial score (nSPS) is 17.0. The van der Waals surface area contributed by atoms with E-state index in [4.69, 9.17) is 4.74 Å². The zero-order valence-electron chi connectivity index (χ0n) is 10.2. The molecule has 1 aromatic rings. The summed E-state index contributed by atoms with van der Waals surface area (Å²) < 4.78 is 5.11. The molecule has 0 amide bonds. The van der Waals surface area contributed by atoms with E-state index in [0.29, 0.717) is 19.2 Å². The Morgan fingerprint density at radius 2 is 2.38 bits per heavy atom. The molecule has 92 valence electrons. The van der Waals surface area contributed by atoms with Crippen LogP contribution in [0.2, 0.25) is 0 Å². The molecule has 0 radical (unpaired) electrons. The lowest BCUT2D eigenvalue weighted by Crippen LogP contribution is -2.42. The first-order chi connectivity index (χ1) is 7.60. The fourth-order valence-corrected chi connectivity index (χ4v) is 2.32. The zero-order chi connectivity index (χ0) is 12.0. The van der Waals surface area contributed by atoms with Gasteiger partial charge in [0, 0.05) is 24.6 Å². The van der Waals surface area contributed by atoms with Gasteiger partial charge in [0.15, 0.2) is 0 Å². The monoisotopic (exact) mass is 243 g/mol. The van der Waals surface area contributed by atoms with Crippen LogP contribution in [0, 0.1) is 0 Å². The van der Waals surface area contributed by atoms with Crippen molar-refractivity contribution < 1.29 is 9.84 Å². The van der Waals surface area contributed by atoms with Gasteiger partial charge >= 0.3 is 0 Å². The molecule has 1 rings (SSSR count). The maximum atomic E-state index is 10.3. The lowest BCUT2D eigenvalue weighted by atomic mass is 10.0. The van der Waals surface area contributed by atoms with Crippen molar-refractivity contribution in [2.75, 3.05) is 20.3 Å². The SMILES string of the molecule is CCC(COC)NCC(C)(O)c1cccs1. The van der Waals surface area contributed by atoms with Gasteiger partial charge in [0.1, 0.15) is 5.60 Å². The van der Waals surface area contributed by atoms with Crippen LogP contribution in [-0.2, 0) is 10.3 Å². The predicted octanol–water partition coefficient (Wildman–Crippen LogP) is 1.97. The Morgan fingerprint density at radius 3 is 2.88 bits per heavy atom. The largest absolute Gasteiger partial charge is 0.383 e. The minimum absolute atomic E-state index is 0.302. The number of hydrogen-bond acceptors (Lipinski definition) is 4. The van der Waals surface area contributed by atoms with Gasteiger partial charge in [0.25, 0.3) is 0 Å². The summed E-state index contributed by atoms with van der Waals surface area (Å²) in [6.07, 6.45) is 0.994. The maximum Gasteiger partial charge on any atom is 0.108 e. The summed E-state index contributed by atoms with van der Waals surface area (Å²) in [4.78, 5) is 0.993. The second-order valence-corrected chi connectivity index (χ2v) is 5.14. The molecule has 16 heavy (non-hydrogen) atoms. The first-order valence-electron chi connectivity index (χ1n) is 5.59. The Labute approximate surface area is 101 Å². The first-order valence-corrected chi connectivity index (χ1v) is 6.46. The molecule has 0 aliphatic carbocycles. The Morgan fingerprint density at radius 1 is 1.62 bits per heavy atom. The number of methoxy groups -OCH3 is 1. The molecule has 0 spiro atoms. The number of thiophene rings is 1. The van der Waals surface area contributed by atoms with Gasteiger partial charge in [-0.05, 0) is 24.8 Å². The highest BCUT2D eigenvalue weighted by Gasteiger charge is 2.24. The summed E-state index contributed by atoms with van der Waals surface area (Å²) in [7, 11) is 1.70. The summed E-state index contributed by atoms with van der Waals surface area (Å²) in [5.41, 5.74) is -0.796. The van der Waals surface area contributed by atoms with Crippen LogP contribution in [-0.4, -0.2) is 31.4 Å². The maximum absolute atomic E-state index is 10.3. The van der Waals surface area contributed by atoms with E-state index in [9.17, 15) is 5.11 Å². The van der Waals surface area contributed by atoms with E-state index in [1.807, 2.05) is 24.4 Å². The summed E-state index contributed by atoms with van der Waals surface area (Å²) >= 11 is 1.58. The Balaban J connectivity index is 2.47. The van der Waals surface area contributed by atoms with Crippen LogP contribution < -0.4 is 5.32 Å². The van der Waals surface area contributed by atoms with E-state index >= 15 is 0 Å². The Kier molecular flexibility index (Phi) is 5.41. The molecule has 2 atom stereocenters. The van der Waals surface area contributed by atoms with Crippen LogP contribution in [0.4, 0.5) is 0 Å². The molecular formula is C12H21NO2S. The quantitative estimate of drug-likeness (QED) is 0.769. The molecule has 0 aliphatic heterocycles. The van der Waals surface area contributed by atoms with Crippen molar-refractivity contribution in [3.63, 3.8) is 0 Å². The second-order valence-electron chi connectivity index (χ2n) is 4.19. The highest BCUT2D eigenvalue weighted by atomic mass is 32.1. The average Bonchev–Trinajstić information content (AvgIpc) is 2.78. The standard InChI is InChI=1S/C12H21NO2S/c1-4-10(8-15-3)13-9-12(2,14)11-6-5-7-16-11/h5-7,10,13-14H,4,8-9H2,1-3H3. The van der Waals surface area contributed by atoms with Crippen molar-refractivity contribution in [3.05, 3.63) is 22.4 Å². The minimum Gasteiger partial charge on any atom is -0.383 e. The van der Waals surface area contributed by atoms with E-state index in [1.54, 1.807) is 18.4 Å². The molecule has 3 nitrogen and oxygen atoms in total. The molecule has 0 bridgehead atoms. The molecule has 2 N–H and O–H groups in total. The molecule has 0 fully saturated rings. The first kappa shape index (κ1) is 13.6. The highest BCUT2D eigenvalue weighted by Crippen LogP contribution is 2.24.